The monoisotopic (exact) mass is 145 g/mol. The zero-order valence-corrected chi connectivity index (χ0v) is 6.02. The van der Waals surface area contributed by atoms with E-state index in [4.69, 9.17) is 4.74 Å². The summed E-state index contributed by atoms with van der Waals surface area (Å²) in [6.07, 6.45) is 2.38. The molecule has 0 saturated carbocycles. The van der Waals surface area contributed by atoms with E-state index in [1.165, 1.54) is 12.8 Å². The van der Waals surface area contributed by atoms with Crippen LogP contribution in [0.1, 0.15) is 27.2 Å². The first-order valence-corrected chi connectivity index (χ1v) is 3.74. The number of hydrogen-bond acceptors (Lipinski definition) is 2. The van der Waals surface area contributed by atoms with Crippen molar-refractivity contribution < 1.29 is 4.74 Å². The number of ether oxygens (including phenoxy) is 1. The molecule has 62 valence electrons. The van der Waals surface area contributed by atoms with Crippen LogP contribution in [-0.2, 0) is 4.74 Å². The van der Waals surface area contributed by atoms with Crippen molar-refractivity contribution in [2.45, 2.75) is 33.2 Å². The third-order valence-electron chi connectivity index (χ3n) is 1.71. The van der Waals surface area contributed by atoms with Gasteiger partial charge in [-0.1, -0.05) is 14.4 Å². The van der Waals surface area contributed by atoms with Crippen LogP contribution in [0.5, 0.6) is 0 Å². The van der Waals surface area contributed by atoms with Crippen molar-refractivity contribution in [1.82, 2.24) is 5.32 Å². The Labute approximate surface area is 64.0 Å². The molecule has 0 aromatic rings. The lowest BCUT2D eigenvalue weighted by molar-refractivity contribution is 0.0785. The lowest BCUT2D eigenvalue weighted by atomic mass is 10.1. The second-order valence-corrected chi connectivity index (χ2v) is 2.44. The van der Waals surface area contributed by atoms with Gasteiger partial charge in [0, 0.05) is 19.3 Å². The third kappa shape index (κ3) is 3.18. The highest BCUT2D eigenvalue weighted by atomic mass is 16.5. The summed E-state index contributed by atoms with van der Waals surface area (Å²) in [5, 5.41) is 3.40. The smallest absolute Gasteiger partial charge is 0.0480 e. The molecule has 0 atom stereocenters. The molecule has 0 aromatic carbocycles. The molecule has 10 heavy (non-hydrogen) atoms. The van der Waals surface area contributed by atoms with Crippen molar-refractivity contribution >= 4 is 0 Å². The van der Waals surface area contributed by atoms with Crippen molar-refractivity contribution in [3.05, 3.63) is 0 Å². The fourth-order valence-electron chi connectivity index (χ4n) is 1.19. The second-order valence-electron chi connectivity index (χ2n) is 2.44. The highest BCUT2D eigenvalue weighted by molar-refractivity contribution is 4.68. The van der Waals surface area contributed by atoms with E-state index in [1.807, 2.05) is 0 Å². The summed E-state index contributed by atoms with van der Waals surface area (Å²) >= 11 is 0. The van der Waals surface area contributed by atoms with Gasteiger partial charge in [-0.15, -0.1) is 0 Å². The van der Waals surface area contributed by atoms with E-state index in [1.54, 1.807) is 0 Å². The molecule has 0 unspecified atom stereocenters. The molecular weight excluding hydrogens is 126 g/mol. The largest absolute Gasteiger partial charge is 0.381 e. The zero-order chi connectivity index (χ0) is 6.53. The van der Waals surface area contributed by atoms with E-state index in [9.17, 15) is 0 Å². The Bertz CT molecular complexity index is 66.9. The average Bonchev–Trinajstić information content (AvgIpc) is 1.91. The lowest BCUT2D eigenvalue weighted by Gasteiger charge is -2.22. The Morgan fingerprint density at radius 2 is 2.00 bits per heavy atom. The quantitative estimate of drug-likeness (QED) is 0.634. The third-order valence-corrected chi connectivity index (χ3v) is 1.71. The number of nitrogens with one attached hydrogen (secondary N) is 1. The van der Waals surface area contributed by atoms with Gasteiger partial charge in [0.15, 0.2) is 0 Å². The molecule has 1 rings (SSSR count). The van der Waals surface area contributed by atoms with Gasteiger partial charge in [-0.05, 0) is 19.4 Å². The van der Waals surface area contributed by atoms with Gasteiger partial charge < -0.3 is 10.1 Å². The van der Waals surface area contributed by atoms with Crippen LogP contribution in [0.25, 0.3) is 0 Å². The Morgan fingerprint density at radius 3 is 2.50 bits per heavy atom. The van der Waals surface area contributed by atoms with E-state index in [2.05, 4.69) is 12.2 Å². The first-order valence-electron chi connectivity index (χ1n) is 3.74. The molecule has 1 heterocycles. The normalized spacial score (nSPS) is 20.1. The van der Waals surface area contributed by atoms with Crippen molar-refractivity contribution in [2.24, 2.45) is 0 Å². The maximum atomic E-state index is 5.21. The summed E-state index contributed by atoms with van der Waals surface area (Å²) in [5.74, 6) is 0. The van der Waals surface area contributed by atoms with Crippen molar-refractivity contribution in [1.29, 1.82) is 0 Å². The van der Waals surface area contributed by atoms with Crippen LogP contribution in [0, 0.1) is 0 Å². The minimum atomic E-state index is 0. The molecule has 1 saturated heterocycles. The first kappa shape index (κ1) is 9.92. The minimum Gasteiger partial charge on any atom is -0.381 e. The summed E-state index contributed by atoms with van der Waals surface area (Å²) in [6.45, 7) is 5.12. The van der Waals surface area contributed by atoms with Crippen molar-refractivity contribution in [3.63, 3.8) is 0 Å². The van der Waals surface area contributed by atoms with E-state index in [0.29, 0.717) is 0 Å². The topological polar surface area (TPSA) is 21.3 Å². The van der Waals surface area contributed by atoms with Crippen LogP contribution in [0.15, 0.2) is 0 Å². The summed E-state index contributed by atoms with van der Waals surface area (Å²) in [5.41, 5.74) is 0. The lowest BCUT2D eigenvalue weighted by Crippen LogP contribution is -2.34. The van der Waals surface area contributed by atoms with Gasteiger partial charge in [0.1, 0.15) is 0 Å². The van der Waals surface area contributed by atoms with Crippen LogP contribution in [0.3, 0.4) is 0 Å². The first-order chi connectivity index (χ1) is 4.43. The zero-order valence-electron chi connectivity index (χ0n) is 6.02. The fraction of sp³-hybridized carbons (Fsp3) is 1.00. The SMILES string of the molecule is C.CCNC1CCOCC1. The highest BCUT2D eigenvalue weighted by Gasteiger charge is 2.10. The minimum absolute atomic E-state index is 0. The molecule has 1 fully saturated rings. The molecule has 0 aliphatic carbocycles. The predicted molar refractivity (Wildman–Crippen MR) is 44.2 cm³/mol. The van der Waals surface area contributed by atoms with Gasteiger partial charge in [0.05, 0.1) is 0 Å². The Kier molecular flexibility index (Phi) is 5.64. The molecule has 2 nitrogen and oxygen atoms in total. The average molecular weight is 145 g/mol. The molecule has 1 N–H and O–H groups in total. The van der Waals surface area contributed by atoms with Crippen molar-refractivity contribution in [2.75, 3.05) is 19.8 Å². The Hall–Kier alpha value is -0.0800. The van der Waals surface area contributed by atoms with Gasteiger partial charge in [0.25, 0.3) is 0 Å². The maximum Gasteiger partial charge on any atom is 0.0480 e. The summed E-state index contributed by atoms with van der Waals surface area (Å²) in [4.78, 5) is 0. The summed E-state index contributed by atoms with van der Waals surface area (Å²) < 4.78 is 5.21. The van der Waals surface area contributed by atoms with Gasteiger partial charge in [-0.2, -0.15) is 0 Å². The van der Waals surface area contributed by atoms with Gasteiger partial charge in [0.2, 0.25) is 0 Å². The molecular formula is C8H19NO. The van der Waals surface area contributed by atoms with E-state index in [0.717, 1.165) is 25.8 Å². The molecule has 0 aromatic heterocycles. The van der Waals surface area contributed by atoms with E-state index < -0.39 is 0 Å². The van der Waals surface area contributed by atoms with Crippen LogP contribution in [0.4, 0.5) is 0 Å². The van der Waals surface area contributed by atoms with Crippen LogP contribution >= 0.6 is 0 Å². The molecule has 0 spiro atoms. The Morgan fingerprint density at radius 1 is 1.40 bits per heavy atom. The molecule has 1 aliphatic heterocycles. The van der Waals surface area contributed by atoms with Gasteiger partial charge in [-0.25, -0.2) is 0 Å². The molecule has 0 radical (unpaired) electrons. The van der Waals surface area contributed by atoms with E-state index >= 15 is 0 Å². The number of rotatable bonds is 2. The predicted octanol–water partition coefficient (Wildman–Crippen LogP) is 1.41. The van der Waals surface area contributed by atoms with Crippen molar-refractivity contribution in [3.8, 4) is 0 Å². The van der Waals surface area contributed by atoms with Gasteiger partial charge in [-0.3, -0.25) is 0 Å². The standard InChI is InChI=1S/C7H15NO.CH4/c1-2-8-7-3-5-9-6-4-7;/h7-8H,2-6H2,1H3;1H4. The fourth-order valence-corrected chi connectivity index (χ4v) is 1.19. The van der Waals surface area contributed by atoms with Gasteiger partial charge >= 0.3 is 0 Å². The molecule has 1 aliphatic rings. The summed E-state index contributed by atoms with van der Waals surface area (Å²) in [6, 6.07) is 0.726. The van der Waals surface area contributed by atoms with Crippen LogP contribution < -0.4 is 5.32 Å². The maximum absolute atomic E-state index is 5.21. The molecule has 2 heteroatoms. The number of hydrogen-bond donors (Lipinski definition) is 1. The summed E-state index contributed by atoms with van der Waals surface area (Å²) in [7, 11) is 0. The second kappa shape index (κ2) is 5.69. The molecule has 0 amide bonds. The van der Waals surface area contributed by atoms with E-state index in [-0.39, 0.29) is 7.43 Å². The highest BCUT2D eigenvalue weighted by Crippen LogP contribution is 2.04. The van der Waals surface area contributed by atoms with Crippen LogP contribution in [0.2, 0.25) is 0 Å². The Balaban J connectivity index is 0.000000810. The van der Waals surface area contributed by atoms with Crippen LogP contribution in [-0.4, -0.2) is 25.8 Å². The molecule has 0 bridgehead atoms.